The van der Waals surface area contributed by atoms with Crippen molar-refractivity contribution in [3.63, 3.8) is 0 Å². The molecular weight excluding hydrogens is 226 g/mol. The Morgan fingerprint density at radius 3 is 2.47 bits per heavy atom. The highest BCUT2D eigenvalue weighted by molar-refractivity contribution is 5.53. The van der Waals surface area contributed by atoms with Crippen molar-refractivity contribution in [2.45, 2.75) is 13.8 Å². The van der Waals surface area contributed by atoms with Gasteiger partial charge in [-0.05, 0) is 13.1 Å². The zero-order valence-electron chi connectivity index (χ0n) is 10.2. The van der Waals surface area contributed by atoms with Crippen molar-refractivity contribution < 1.29 is 13.5 Å². The first-order valence-corrected chi connectivity index (χ1v) is 5.68. The third kappa shape index (κ3) is 3.85. The third-order valence-electron chi connectivity index (χ3n) is 2.62. The molecule has 0 aliphatic heterocycles. The van der Waals surface area contributed by atoms with Crippen molar-refractivity contribution >= 4 is 5.69 Å². The topological polar surface area (TPSA) is 38.5 Å². The van der Waals surface area contributed by atoms with Gasteiger partial charge in [-0.1, -0.05) is 13.8 Å². The van der Waals surface area contributed by atoms with Crippen molar-refractivity contribution in [1.29, 1.82) is 0 Å². The second-order valence-electron chi connectivity index (χ2n) is 3.67. The fourth-order valence-electron chi connectivity index (χ4n) is 1.51. The SMILES string of the molecule is CCN(CC)CCOc1cc(F)cc(F)c1N. The van der Waals surface area contributed by atoms with Crippen LogP contribution in [0, 0.1) is 11.6 Å². The summed E-state index contributed by atoms with van der Waals surface area (Å²) in [4.78, 5) is 2.14. The van der Waals surface area contributed by atoms with E-state index in [2.05, 4.69) is 4.90 Å². The van der Waals surface area contributed by atoms with E-state index in [0.717, 1.165) is 25.2 Å². The number of nitrogens with two attached hydrogens (primary N) is 1. The van der Waals surface area contributed by atoms with Crippen LogP contribution < -0.4 is 10.5 Å². The number of nitrogens with zero attached hydrogens (tertiary/aromatic N) is 1. The van der Waals surface area contributed by atoms with Crippen LogP contribution in [0.25, 0.3) is 0 Å². The molecule has 0 bridgehead atoms. The minimum absolute atomic E-state index is 0.0645. The van der Waals surface area contributed by atoms with Crippen LogP contribution >= 0.6 is 0 Å². The average molecular weight is 244 g/mol. The highest BCUT2D eigenvalue weighted by atomic mass is 19.1. The van der Waals surface area contributed by atoms with Crippen LogP contribution in [-0.4, -0.2) is 31.1 Å². The maximum atomic E-state index is 13.1. The third-order valence-corrected chi connectivity index (χ3v) is 2.62. The summed E-state index contributed by atoms with van der Waals surface area (Å²) in [6.45, 7) is 6.96. The van der Waals surface area contributed by atoms with Crippen LogP contribution in [0.3, 0.4) is 0 Å². The molecule has 0 radical (unpaired) electrons. The normalized spacial score (nSPS) is 10.9. The maximum Gasteiger partial charge on any atom is 0.152 e. The van der Waals surface area contributed by atoms with Gasteiger partial charge in [0.15, 0.2) is 5.82 Å². The predicted molar refractivity (Wildman–Crippen MR) is 64.1 cm³/mol. The van der Waals surface area contributed by atoms with E-state index < -0.39 is 11.6 Å². The summed E-state index contributed by atoms with van der Waals surface area (Å²) >= 11 is 0. The predicted octanol–water partition coefficient (Wildman–Crippen LogP) is 2.27. The molecule has 5 heteroatoms. The second-order valence-corrected chi connectivity index (χ2v) is 3.67. The molecule has 96 valence electrons. The van der Waals surface area contributed by atoms with Crippen LogP contribution in [0.5, 0.6) is 5.75 Å². The number of benzene rings is 1. The van der Waals surface area contributed by atoms with Crippen molar-refractivity contribution in [3.05, 3.63) is 23.8 Å². The van der Waals surface area contributed by atoms with Gasteiger partial charge in [0, 0.05) is 18.7 Å². The highest BCUT2D eigenvalue weighted by Crippen LogP contribution is 2.25. The molecule has 1 aromatic carbocycles. The Morgan fingerprint density at radius 2 is 1.88 bits per heavy atom. The largest absolute Gasteiger partial charge is 0.490 e. The first-order chi connectivity index (χ1) is 8.08. The van der Waals surface area contributed by atoms with E-state index in [-0.39, 0.29) is 11.4 Å². The van der Waals surface area contributed by atoms with E-state index in [1.807, 2.05) is 13.8 Å². The van der Waals surface area contributed by atoms with E-state index in [0.29, 0.717) is 13.2 Å². The Balaban J connectivity index is 2.57. The monoisotopic (exact) mass is 244 g/mol. The molecule has 1 aromatic rings. The van der Waals surface area contributed by atoms with Gasteiger partial charge in [0.1, 0.15) is 23.9 Å². The molecule has 0 amide bonds. The Labute approximate surface area is 100 Å². The first-order valence-electron chi connectivity index (χ1n) is 5.68. The lowest BCUT2D eigenvalue weighted by atomic mass is 10.3. The minimum Gasteiger partial charge on any atom is -0.490 e. The maximum absolute atomic E-state index is 13.1. The number of hydrogen-bond donors (Lipinski definition) is 1. The Hall–Kier alpha value is -1.36. The summed E-state index contributed by atoms with van der Waals surface area (Å²) in [5, 5.41) is 0. The average Bonchev–Trinajstić information content (AvgIpc) is 2.30. The van der Waals surface area contributed by atoms with Gasteiger partial charge in [0.2, 0.25) is 0 Å². The number of nitrogen functional groups attached to an aromatic ring is 1. The van der Waals surface area contributed by atoms with Gasteiger partial charge in [-0.2, -0.15) is 0 Å². The zero-order valence-corrected chi connectivity index (χ0v) is 10.2. The number of halogens is 2. The molecule has 0 saturated carbocycles. The van der Waals surface area contributed by atoms with Gasteiger partial charge < -0.3 is 15.4 Å². The molecule has 0 atom stereocenters. The Kier molecular flexibility index (Phi) is 5.15. The summed E-state index contributed by atoms with van der Waals surface area (Å²) in [7, 11) is 0. The van der Waals surface area contributed by atoms with Crippen LogP contribution in [0.15, 0.2) is 12.1 Å². The molecule has 0 unspecified atom stereocenters. The van der Waals surface area contributed by atoms with E-state index in [1.165, 1.54) is 0 Å². The molecule has 0 spiro atoms. The van der Waals surface area contributed by atoms with Crippen LogP contribution in [0.1, 0.15) is 13.8 Å². The lowest BCUT2D eigenvalue weighted by Gasteiger charge is -2.18. The Bertz CT molecular complexity index is 368. The van der Waals surface area contributed by atoms with Gasteiger partial charge in [0.25, 0.3) is 0 Å². The van der Waals surface area contributed by atoms with Crippen molar-refractivity contribution in [2.24, 2.45) is 0 Å². The molecule has 1 rings (SSSR count). The fourth-order valence-corrected chi connectivity index (χ4v) is 1.51. The highest BCUT2D eigenvalue weighted by Gasteiger charge is 2.09. The minimum atomic E-state index is -0.789. The second kappa shape index (κ2) is 6.39. The van der Waals surface area contributed by atoms with E-state index >= 15 is 0 Å². The molecule has 3 nitrogen and oxygen atoms in total. The number of ether oxygens (including phenoxy) is 1. The van der Waals surface area contributed by atoms with E-state index in [9.17, 15) is 8.78 Å². The van der Waals surface area contributed by atoms with Gasteiger partial charge in [0.05, 0.1) is 0 Å². The number of hydrogen-bond acceptors (Lipinski definition) is 3. The molecule has 0 aliphatic rings. The quantitative estimate of drug-likeness (QED) is 0.780. The summed E-state index contributed by atoms with van der Waals surface area (Å²) in [5.74, 6) is -1.41. The van der Waals surface area contributed by atoms with Gasteiger partial charge in [-0.25, -0.2) is 8.78 Å². The van der Waals surface area contributed by atoms with Crippen molar-refractivity contribution in [2.75, 3.05) is 32.0 Å². The number of anilines is 1. The number of rotatable bonds is 6. The number of likely N-dealkylation sites (N-methyl/N-ethyl adjacent to an activating group) is 1. The molecule has 2 N–H and O–H groups in total. The van der Waals surface area contributed by atoms with Crippen molar-refractivity contribution in [3.8, 4) is 5.75 Å². The van der Waals surface area contributed by atoms with Crippen LogP contribution in [0.2, 0.25) is 0 Å². The Morgan fingerprint density at radius 1 is 1.24 bits per heavy atom. The first kappa shape index (κ1) is 13.7. The molecule has 0 heterocycles. The molecule has 0 aliphatic carbocycles. The van der Waals surface area contributed by atoms with Crippen LogP contribution in [-0.2, 0) is 0 Å². The van der Waals surface area contributed by atoms with Crippen molar-refractivity contribution in [1.82, 2.24) is 4.90 Å². The fraction of sp³-hybridized carbons (Fsp3) is 0.500. The molecule has 17 heavy (non-hydrogen) atoms. The summed E-state index contributed by atoms with van der Waals surface area (Å²) in [6.07, 6.45) is 0. The van der Waals surface area contributed by atoms with E-state index in [1.54, 1.807) is 0 Å². The lowest BCUT2D eigenvalue weighted by molar-refractivity contribution is 0.222. The summed E-state index contributed by atoms with van der Waals surface area (Å²) < 4.78 is 31.3. The van der Waals surface area contributed by atoms with Crippen LogP contribution in [0.4, 0.5) is 14.5 Å². The molecule has 0 fully saturated rings. The zero-order chi connectivity index (χ0) is 12.8. The standard InChI is InChI=1S/C12H18F2N2O/c1-3-16(4-2)5-6-17-11-8-9(13)7-10(14)12(11)15/h7-8H,3-6,15H2,1-2H3. The molecular formula is C12H18F2N2O. The summed E-state index contributed by atoms with van der Waals surface area (Å²) in [6, 6.07) is 1.84. The van der Waals surface area contributed by atoms with E-state index in [4.69, 9.17) is 10.5 Å². The summed E-state index contributed by atoms with van der Waals surface area (Å²) in [5.41, 5.74) is 5.31. The molecule has 0 saturated heterocycles. The lowest BCUT2D eigenvalue weighted by Crippen LogP contribution is -2.28. The smallest absolute Gasteiger partial charge is 0.152 e. The van der Waals surface area contributed by atoms with Gasteiger partial charge in [-0.3, -0.25) is 0 Å². The van der Waals surface area contributed by atoms with Gasteiger partial charge in [-0.15, -0.1) is 0 Å². The van der Waals surface area contributed by atoms with Gasteiger partial charge >= 0.3 is 0 Å². The molecule has 0 aromatic heterocycles.